The molecule has 0 radical (unpaired) electrons. The van der Waals surface area contributed by atoms with Crippen LogP contribution < -0.4 is 57.8 Å². The first-order valence-corrected chi connectivity index (χ1v) is 7.83. The van der Waals surface area contributed by atoms with Gasteiger partial charge in [0.25, 0.3) is 5.91 Å². The molecule has 24 heavy (non-hydrogen) atoms. The number of aryl methyl sites for hydroxylation is 1. The number of rotatable bonds is 5. The van der Waals surface area contributed by atoms with Gasteiger partial charge in [-0.25, -0.2) is 0 Å². The number of oxime groups is 1. The summed E-state index contributed by atoms with van der Waals surface area (Å²) in [6.07, 6.45) is 6.98. The van der Waals surface area contributed by atoms with Gasteiger partial charge in [0.1, 0.15) is 18.8 Å². The number of likely N-dealkylation sites (tertiary alicyclic amines) is 1. The zero-order valence-electron chi connectivity index (χ0n) is 14.2. The van der Waals surface area contributed by atoms with Crippen molar-refractivity contribution >= 4 is 12.1 Å². The van der Waals surface area contributed by atoms with Crippen molar-refractivity contribution < 1.29 is 67.0 Å². The van der Waals surface area contributed by atoms with Crippen molar-refractivity contribution in [2.45, 2.75) is 19.3 Å². The van der Waals surface area contributed by atoms with Crippen molar-refractivity contribution in [3.05, 3.63) is 29.6 Å². The van der Waals surface area contributed by atoms with Crippen LogP contribution in [0.1, 0.15) is 35.3 Å². The Bertz CT molecular complexity index is 561. The second-order valence-corrected chi connectivity index (χ2v) is 6.30. The van der Waals surface area contributed by atoms with E-state index in [4.69, 9.17) is 5.21 Å². The Hall–Kier alpha value is -0.490. The van der Waals surface area contributed by atoms with Crippen LogP contribution in [0.4, 0.5) is 0 Å². The van der Waals surface area contributed by atoms with E-state index in [1.54, 1.807) is 22.9 Å². The minimum atomic E-state index is -0.0632. The molecule has 8 heteroatoms. The molecule has 0 spiro atoms. The maximum atomic E-state index is 12.2. The average Bonchev–Trinajstić information content (AvgIpc) is 2.50. The van der Waals surface area contributed by atoms with E-state index in [2.05, 4.69) is 17.5 Å². The summed E-state index contributed by atoms with van der Waals surface area (Å²) < 4.78 is 2.81. The molecular formula is C16H26I2N4O2. The summed E-state index contributed by atoms with van der Waals surface area (Å²) >= 11 is 0. The highest BCUT2D eigenvalue weighted by Crippen LogP contribution is 2.15. The number of pyridine rings is 1. The standard InChI is InChI=1S/C16H24N4O2.2HI/c1-19-13-14(6-7-15(19)12-18-22)16(21)17-8-11-20(2)9-4-3-5-10-20;;/h6-7,12-13H,3-5,8-11H2,1-2H3;2*1H. The van der Waals surface area contributed by atoms with Gasteiger partial charge in [0.2, 0.25) is 5.69 Å². The monoisotopic (exact) mass is 560 g/mol. The van der Waals surface area contributed by atoms with Gasteiger partial charge < -0.3 is 63.0 Å². The van der Waals surface area contributed by atoms with Crippen LogP contribution in [0, 0.1) is 0 Å². The molecule has 136 valence electrons. The van der Waals surface area contributed by atoms with Crippen molar-refractivity contribution in [2.75, 3.05) is 33.2 Å². The summed E-state index contributed by atoms with van der Waals surface area (Å²) in [5.41, 5.74) is 1.34. The molecule has 1 aromatic rings. The second kappa shape index (κ2) is 11.2. The number of carbonyl (C=O) groups is 1. The molecule has 0 aromatic carbocycles. The summed E-state index contributed by atoms with van der Waals surface area (Å²) in [5.74, 6) is -0.0632. The third kappa shape index (κ3) is 6.79. The maximum Gasteiger partial charge on any atom is 0.257 e. The number of nitrogens with one attached hydrogen (secondary N) is 1. The van der Waals surface area contributed by atoms with Gasteiger partial charge in [0.05, 0.1) is 33.2 Å². The lowest BCUT2D eigenvalue weighted by Gasteiger charge is -2.37. The van der Waals surface area contributed by atoms with Gasteiger partial charge in [-0.05, 0) is 25.3 Å². The van der Waals surface area contributed by atoms with E-state index in [0.29, 0.717) is 12.1 Å². The molecule has 1 amide bonds. The second-order valence-electron chi connectivity index (χ2n) is 6.30. The Labute approximate surface area is 177 Å². The van der Waals surface area contributed by atoms with Gasteiger partial charge in [-0.2, -0.15) is 4.57 Å². The number of halogens is 2. The lowest BCUT2D eigenvalue weighted by molar-refractivity contribution is -0.912. The predicted molar refractivity (Wildman–Crippen MR) is 84.0 cm³/mol. The van der Waals surface area contributed by atoms with Crippen molar-refractivity contribution in [3.8, 4) is 0 Å². The van der Waals surface area contributed by atoms with Crippen molar-refractivity contribution in [1.29, 1.82) is 0 Å². The highest BCUT2D eigenvalue weighted by molar-refractivity contribution is 5.93. The van der Waals surface area contributed by atoms with Crippen LogP contribution in [0.15, 0.2) is 23.5 Å². The summed E-state index contributed by atoms with van der Waals surface area (Å²) in [4.78, 5) is 12.2. The SMILES string of the molecule is C[n+]1cc(C(=O)NCC[N+]2(C)CCCCC2)ccc1/C=N/O.[I-].[I-]. The Morgan fingerprint density at radius 3 is 2.58 bits per heavy atom. The van der Waals surface area contributed by atoms with Crippen LogP contribution in [0.2, 0.25) is 0 Å². The Morgan fingerprint density at radius 1 is 1.33 bits per heavy atom. The van der Waals surface area contributed by atoms with E-state index in [1.807, 2.05) is 7.05 Å². The summed E-state index contributed by atoms with van der Waals surface area (Å²) in [6, 6.07) is 3.50. The smallest absolute Gasteiger partial charge is 0.257 e. The van der Waals surface area contributed by atoms with Crippen molar-refractivity contribution in [1.82, 2.24) is 5.32 Å². The molecule has 0 saturated carbocycles. The molecule has 1 fully saturated rings. The minimum absolute atomic E-state index is 0. The molecule has 0 unspecified atom stereocenters. The molecule has 6 nitrogen and oxygen atoms in total. The third-order valence-corrected chi connectivity index (χ3v) is 4.46. The number of carbonyl (C=O) groups excluding carboxylic acids is 1. The summed E-state index contributed by atoms with van der Waals surface area (Å²) in [6.45, 7) is 4.09. The molecule has 1 saturated heterocycles. The number of hydrogen-bond acceptors (Lipinski definition) is 3. The Balaban J connectivity index is 0.00000264. The fourth-order valence-electron chi connectivity index (χ4n) is 2.99. The minimum Gasteiger partial charge on any atom is -1.00 e. The fourth-order valence-corrected chi connectivity index (χ4v) is 2.99. The molecule has 2 heterocycles. The number of quaternary nitrogens is 1. The van der Waals surface area contributed by atoms with Crippen LogP contribution in [-0.2, 0) is 7.05 Å². The van der Waals surface area contributed by atoms with Gasteiger partial charge >= 0.3 is 0 Å². The molecular weight excluding hydrogens is 534 g/mol. The zero-order valence-corrected chi connectivity index (χ0v) is 18.5. The number of likely N-dealkylation sites (N-methyl/N-ethyl adjacent to an activating group) is 1. The highest BCUT2D eigenvalue weighted by Gasteiger charge is 2.24. The molecule has 2 N–H and O–H groups in total. The number of aromatic nitrogens is 1. The largest absolute Gasteiger partial charge is 1.00 e. The number of hydrogen-bond donors (Lipinski definition) is 2. The quantitative estimate of drug-likeness (QED) is 0.0945. The molecule has 0 bridgehead atoms. The van der Waals surface area contributed by atoms with E-state index in [-0.39, 0.29) is 53.9 Å². The lowest BCUT2D eigenvalue weighted by Crippen LogP contribution is -3.00. The molecule has 1 aliphatic heterocycles. The van der Waals surface area contributed by atoms with E-state index in [1.165, 1.54) is 38.6 Å². The molecule has 2 rings (SSSR count). The van der Waals surface area contributed by atoms with Crippen LogP contribution >= 0.6 is 0 Å². The van der Waals surface area contributed by atoms with E-state index >= 15 is 0 Å². The van der Waals surface area contributed by atoms with E-state index in [9.17, 15) is 4.79 Å². The van der Waals surface area contributed by atoms with Gasteiger partial charge in [-0.15, -0.1) is 0 Å². The van der Waals surface area contributed by atoms with Crippen LogP contribution in [0.5, 0.6) is 0 Å². The van der Waals surface area contributed by atoms with Gasteiger partial charge in [0, 0.05) is 6.07 Å². The first-order chi connectivity index (χ1) is 10.5. The molecule has 1 aromatic heterocycles. The topological polar surface area (TPSA) is 65.6 Å². The van der Waals surface area contributed by atoms with E-state index in [0.717, 1.165) is 16.7 Å². The summed E-state index contributed by atoms with van der Waals surface area (Å²) in [5, 5.41) is 14.6. The molecule has 0 atom stereocenters. The fraction of sp³-hybridized carbons (Fsp3) is 0.562. The number of nitrogens with zero attached hydrogens (tertiary/aromatic N) is 3. The van der Waals surface area contributed by atoms with E-state index < -0.39 is 0 Å². The lowest BCUT2D eigenvalue weighted by atomic mass is 10.1. The molecule has 0 aliphatic carbocycles. The van der Waals surface area contributed by atoms with Crippen molar-refractivity contribution in [3.63, 3.8) is 0 Å². The number of piperidine rings is 1. The van der Waals surface area contributed by atoms with Crippen LogP contribution in [0.25, 0.3) is 0 Å². The first-order valence-electron chi connectivity index (χ1n) is 7.83. The maximum absolute atomic E-state index is 12.2. The average molecular weight is 560 g/mol. The van der Waals surface area contributed by atoms with Gasteiger partial charge in [0.15, 0.2) is 6.20 Å². The Kier molecular flexibility index (Phi) is 11.0. The summed E-state index contributed by atoms with van der Waals surface area (Å²) in [7, 11) is 4.09. The first kappa shape index (κ1) is 23.5. The molecule has 1 aliphatic rings. The zero-order chi connectivity index (χ0) is 16.0. The van der Waals surface area contributed by atoms with Crippen molar-refractivity contribution in [2.24, 2.45) is 12.2 Å². The predicted octanol–water partition coefficient (Wildman–Crippen LogP) is -5.31. The Morgan fingerprint density at radius 2 is 2.00 bits per heavy atom. The van der Waals surface area contributed by atoms with Crippen LogP contribution in [-0.4, -0.2) is 55.0 Å². The van der Waals surface area contributed by atoms with Gasteiger partial charge in [-0.3, -0.25) is 4.79 Å². The van der Waals surface area contributed by atoms with Gasteiger partial charge in [-0.1, -0.05) is 5.16 Å². The third-order valence-electron chi connectivity index (χ3n) is 4.46. The number of amides is 1. The highest BCUT2D eigenvalue weighted by atomic mass is 127. The van der Waals surface area contributed by atoms with Crippen LogP contribution in [0.3, 0.4) is 0 Å². The normalized spacial score (nSPS) is 16.1.